The SMILES string of the molecule is COC(=O)C1=CC[C@@H]2C(C)(C)CCC[C@]2(C)[C@@H]1CC[C@@H](C)CCOC=O. The topological polar surface area (TPSA) is 52.6 Å². The molecule has 148 valence electrons. The molecule has 0 aromatic rings. The van der Waals surface area contributed by atoms with Crippen LogP contribution in [0.4, 0.5) is 0 Å². The zero-order valence-corrected chi connectivity index (χ0v) is 17.2. The van der Waals surface area contributed by atoms with Crippen LogP contribution in [0.5, 0.6) is 0 Å². The van der Waals surface area contributed by atoms with Crippen LogP contribution in [0.2, 0.25) is 0 Å². The zero-order valence-electron chi connectivity index (χ0n) is 17.2. The molecule has 26 heavy (non-hydrogen) atoms. The fourth-order valence-electron chi connectivity index (χ4n) is 5.66. The fourth-order valence-corrected chi connectivity index (χ4v) is 5.66. The predicted octanol–water partition coefficient (Wildman–Crippen LogP) is 4.92. The Kier molecular flexibility index (Phi) is 6.92. The number of hydrogen-bond donors (Lipinski definition) is 0. The summed E-state index contributed by atoms with van der Waals surface area (Å²) in [5, 5.41) is 0. The lowest BCUT2D eigenvalue weighted by Gasteiger charge is -2.56. The van der Waals surface area contributed by atoms with E-state index in [0.29, 0.717) is 30.3 Å². The summed E-state index contributed by atoms with van der Waals surface area (Å²) in [5.74, 6) is 1.17. The van der Waals surface area contributed by atoms with Crippen LogP contribution in [0.3, 0.4) is 0 Å². The maximum atomic E-state index is 12.5. The third-order valence-corrected chi connectivity index (χ3v) is 7.19. The Hall–Kier alpha value is -1.32. The van der Waals surface area contributed by atoms with Crippen LogP contribution in [0.25, 0.3) is 0 Å². The van der Waals surface area contributed by atoms with Crippen LogP contribution < -0.4 is 0 Å². The second-order valence-corrected chi connectivity index (χ2v) is 9.28. The number of methoxy groups -OCH3 is 1. The number of hydrogen-bond acceptors (Lipinski definition) is 4. The molecule has 2 rings (SSSR count). The van der Waals surface area contributed by atoms with E-state index in [9.17, 15) is 9.59 Å². The second kappa shape index (κ2) is 8.58. The van der Waals surface area contributed by atoms with Crippen LogP contribution in [0.15, 0.2) is 11.6 Å². The Morgan fingerprint density at radius 3 is 2.69 bits per heavy atom. The van der Waals surface area contributed by atoms with E-state index < -0.39 is 0 Å². The molecule has 0 aromatic carbocycles. The number of allylic oxidation sites excluding steroid dienone is 1. The fraction of sp³-hybridized carbons (Fsp3) is 0.818. The molecule has 4 nitrogen and oxygen atoms in total. The van der Waals surface area contributed by atoms with Gasteiger partial charge in [0.2, 0.25) is 0 Å². The summed E-state index contributed by atoms with van der Waals surface area (Å²) in [7, 11) is 1.48. The lowest BCUT2D eigenvalue weighted by atomic mass is 9.48. The highest BCUT2D eigenvalue weighted by Gasteiger charge is 2.53. The van der Waals surface area contributed by atoms with Gasteiger partial charge >= 0.3 is 5.97 Å². The highest BCUT2D eigenvalue weighted by molar-refractivity contribution is 5.89. The monoisotopic (exact) mass is 364 g/mol. The largest absolute Gasteiger partial charge is 0.468 e. The van der Waals surface area contributed by atoms with E-state index in [0.717, 1.165) is 31.3 Å². The van der Waals surface area contributed by atoms with Gasteiger partial charge in [0.1, 0.15) is 0 Å². The molecule has 0 spiro atoms. The van der Waals surface area contributed by atoms with Gasteiger partial charge in [-0.15, -0.1) is 0 Å². The first-order chi connectivity index (χ1) is 12.3. The Balaban J connectivity index is 2.19. The first-order valence-electron chi connectivity index (χ1n) is 10.1. The molecule has 0 bridgehead atoms. The molecule has 0 unspecified atom stereocenters. The zero-order chi connectivity index (χ0) is 19.4. The molecule has 0 N–H and O–H groups in total. The van der Waals surface area contributed by atoms with E-state index in [4.69, 9.17) is 9.47 Å². The summed E-state index contributed by atoms with van der Waals surface area (Å²) in [6.45, 7) is 10.4. The van der Waals surface area contributed by atoms with Crippen molar-refractivity contribution in [3.05, 3.63) is 11.6 Å². The standard InChI is InChI=1S/C22H36O4/c1-16(11-14-26-15-23)7-9-18-17(20(24)25-5)8-10-19-21(2,3)12-6-13-22(18,19)4/h8,15-16,18-19H,6-7,9-14H2,1-5H3/t16-,18-,19-,22-/m1/s1. The van der Waals surface area contributed by atoms with Crippen LogP contribution >= 0.6 is 0 Å². The molecule has 0 aliphatic heterocycles. The number of rotatable bonds is 8. The predicted molar refractivity (Wildman–Crippen MR) is 102 cm³/mol. The van der Waals surface area contributed by atoms with Crippen molar-refractivity contribution in [1.29, 1.82) is 0 Å². The van der Waals surface area contributed by atoms with Crippen LogP contribution in [-0.4, -0.2) is 26.2 Å². The molecule has 4 heteroatoms. The van der Waals surface area contributed by atoms with Gasteiger partial charge < -0.3 is 9.47 Å². The van der Waals surface area contributed by atoms with Crippen molar-refractivity contribution in [3.8, 4) is 0 Å². The average Bonchev–Trinajstić information content (AvgIpc) is 2.58. The quantitative estimate of drug-likeness (QED) is 0.348. The average molecular weight is 365 g/mol. The number of carbonyl (C=O) groups excluding carboxylic acids is 2. The molecule has 0 saturated heterocycles. The van der Waals surface area contributed by atoms with Crippen LogP contribution in [-0.2, 0) is 19.1 Å². The maximum absolute atomic E-state index is 12.5. The van der Waals surface area contributed by atoms with Gasteiger partial charge in [-0.3, -0.25) is 4.79 Å². The second-order valence-electron chi connectivity index (χ2n) is 9.28. The van der Waals surface area contributed by atoms with E-state index in [1.807, 2.05) is 0 Å². The van der Waals surface area contributed by atoms with Crippen LogP contribution in [0, 0.1) is 28.6 Å². The van der Waals surface area contributed by atoms with Gasteiger partial charge in [0, 0.05) is 5.57 Å². The van der Waals surface area contributed by atoms with Gasteiger partial charge in [-0.25, -0.2) is 4.79 Å². The van der Waals surface area contributed by atoms with E-state index >= 15 is 0 Å². The van der Waals surface area contributed by atoms with Crippen molar-refractivity contribution in [3.63, 3.8) is 0 Å². The number of esters is 1. The van der Waals surface area contributed by atoms with E-state index in [2.05, 4.69) is 33.8 Å². The van der Waals surface area contributed by atoms with Gasteiger partial charge in [0.05, 0.1) is 13.7 Å². The number of carbonyl (C=O) groups is 2. The maximum Gasteiger partial charge on any atom is 0.333 e. The molecule has 2 aliphatic rings. The molecule has 0 amide bonds. The molecule has 1 saturated carbocycles. The van der Waals surface area contributed by atoms with Crippen molar-refractivity contribution in [2.24, 2.45) is 28.6 Å². The molecule has 0 aromatic heterocycles. The lowest BCUT2D eigenvalue weighted by molar-refractivity contribution is -0.139. The van der Waals surface area contributed by atoms with Gasteiger partial charge in [0.15, 0.2) is 0 Å². The molecule has 0 heterocycles. The van der Waals surface area contributed by atoms with Gasteiger partial charge in [-0.1, -0.05) is 40.2 Å². The summed E-state index contributed by atoms with van der Waals surface area (Å²) < 4.78 is 9.96. The van der Waals surface area contributed by atoms with E-state index in [1.54, 1.807) is 0 Å². The van der Waals surface area contributed by atoms with E-state index in [-0.39, 0.29) is 17.3 Å². The Labute approximate surface area is 158 Å². The third kappa shape index (κ3) is 4.32. The molecule has 1 fully saturated rings. The van der Waals surface area contributed by atoms with Crippen molar-refractivity contribution in [2.45, 2.75) is 72.6 Å². The van der Waals surface area contributed by atoms with Crippen molar-refractivity contribution in [1.82, 2.24) is 0 Å². The number of fused-ring (bicyclic) bond motifs is 1. The summed E-state index contributed by atoms with van der Waals surface area (Å²) in [6, 6.07) is 0. The summed E-state index contributed by atoms with van der Waals surface area (Å²) >= 11 is 0. The number of ether oxygens (including phenoxy) is 2. The highest BCUT2D eigenvalue weighted by Crippen LogP contribution is 2.60. The van der Waals surface area contributed by atoms with Crippen molar-refractivity contribution < 1.29 is 19.1 Å². The van der Waals surface area contributed by atoms with Crippen LogP contribution in [0.1, 0.15) is 72.6 Å². The third-order valence-electron chi connectivity index (χ3n) is 7.19. The Bertz CT molecular complexity index is 536. The minimum atomic E-state index is -0.157. The first-order valence-corrected chi connectivity index (χ1v) is 10.1. The van der Waals surface area contributed by atoms with Crippen molar-refractivity contribution >= 4 is 12.4 Å². The highest BCUT2D eigenvalue weighted by atomic mass is 16.5. The molecular formula is C22H36O4. The minimum Gasteiger partial charge on any atom is -0.468 e. The van der Waals surface area contributed by atoms with Gasteiger partial charge in [-0.05, 0) is 67.1 Å². The normalized spacial score (nSPS) is 31.3. The molecule has 2 aliphatic carbocycles. The minimum absolute atomic E-state index is 0.152. The summed E-state index contributed by atoms with van der Waals surface area (Å²) in [6.07, 6.45) is 9.71. The lowest BCUT2D eigenvalue weighted by Crippen LogP contribution is -2.49. The molecular weight excluding hydrogens is 328 g/mol. The summed E-state index contributed by atoms with van der Waals surface area (Å²) in [5.41, 5.74) is 1.35. The van der Waals surface area contributed by atoms with E-state index in [1.165, 1.54) is 26.4 Å². The van der Waals surface area contributed by atoms with Gasteiger partial charge in [0.25, 0.3) is 6.47 Å². The molecule has 4 atom stereocenters. The first kappa shape index (κ1) is 21.0. The Morgan fingerprint density at radius 2 is 2.04 bits per heavy atom. The smallest absolute Gasteiger partial charge is 0.333 e. The molecule has 0 radical (unpaired) electrons. The summed E-state index contributed by atoms with van der Waals surface area (Å²) in [4.78, 5) is 22.8. The van der Waals surface area contributed by atoms with Gasteiger partial charge in [-0.2, -0.15) is 0 Å². The van der Waals surface area contributed by atoms with Crippen molar-refractivity contribution in [2.75, 3.05) is 13.7 Å². The Morgan fingerprint density at radius 1 is 1.31 bits per heavy atom.